The van der Waals surface area contributed by atoms with Crippen LogP contribution in [0.2, 0.25) is 5.15 Å². The zero-order chi connectivity index (χ0) is 20.1. The summed E-state index contributed by atoms with van der Waals surface area (Å²) in [4.78, 5) is 4.99. The Bertz CT molecular complexity index is 1080. The molecule has 5 aromatic rings. The van der Waals surface area contributed by atoms with Crippen LogP contribution in [0.4, 0.5) is 0 Å². The van der Waals surface area contributed by atoms with Crippen molar-refractivity contribution >= 4 is 63.4 Å². The molecular weight excluding hydrogens is 450 g/mol. The number of thiazole rings is 1. The fraction of sp³-hybridized carbons (Fsp3) is 0.0417. The number of benzene rings is 3. The maximum absolute atomic E-state index is 5.75. The summed E-state index contributed by atoms with van der Waals surface area (Å²) in [7, 11) is -1.88. The fourth-order valence-corrected chi connectivity index (χ4v) is 8.12. The van der Waals surface area contributed by atoms with Gasteiger partial charge in [0.25, 0.3) is 0 Å². The van der Waals surface area contributed by atoms with E-state index >= 15 is 0 Å². The van der Waals surface area contributed by atoms with Crippen molar-refractivity contribution in [1.29, 1.82) is 0 Å². The molecule has 6 heteroatoms. The Morgan fingerprint density at radius 1 is 0.767 bits per heavy atom. The van der Waals surface area contributed by atoms with Gasteiger partial charge >= 0.3 is 121 Å². The summed E-state index contributed by atoms with van der Waals surface area (Å²) in [5.41, 5.74) is 0. The molecule has 0 aliphatic carbocycles. The largest absolute Gasteiger partial charge is 0.280 e. The molecule has 2 nitrogen and oxygen atoms in total. The molecule has 0 spiro atoms. The van der Waals surface area contributed by atoms with E-state index in [0.29, 0.717) is 0 Å². The quantitative estimate of drug-likeness (QED) is 0.302. The molecule has 0 aliphatic heterocycles. The third-order valence-electron chi connectivity index (χ3n) is 5.17. The van der Waals surface area contributed by atoms with Gasteiger partial charge in [-0.2, -0.15) is 0 Å². The molecule has 0 atom stereocenters. The zero-order valence-electron chi connectivity index (χ0n) is 16.5. The number of imidazole rings is 1. The predicted molar refractivity (Wildman–Crippen MR) is 138 cm³/mol. The number of rotatable bonds is 3. The Hall–Kier alpha value is -2.16. The van der Waals surface area contributed by atoms with Crippen molar-refractivity contribution in [2.45, 2.75) is 0 Å². The van der Waals surface area contributed by atoms with E-state index in [9.17, 15) is 0 Å². The first-order chi connectivity index (χ1) is 14.2. The van der Waals surface area contributed by atoms with Crippen molar-refractivity contribution in [3.05, 3.63) is 114 Å². The fourth-order valence-electron chi connectivity index (χ4n) is 3.51. The molecule has 0 radical (unpaired) electrons. The molecule has 2 aromatic heterocycles. The van der Waals surface area contributed by atoms with Crippen molar-refractivity contribution in [3.63, 3.8) is 0 Å². The van der Waals surface area contributed by atoms with E-state index in [1.807, 2.05) is 9.78 Å². The Balaban J connectivity index is 0.000000214. The van der Waals surface area contributed by atoms with Gasteiger partial charge in [-0.15, -0.1) is 23.7 Å². The van der Waals surface area contributed by atoms with Crippen molar-refractivity contribution in [3.8, 4) is 0 Å². The Morgan fingerprint density at radius 3 is 1.60 bits per heavy atom. The van der Waals surface area contributed by atoms with Gasteiger partial charge in [0.05, 0.1) is 6.20 Å². The van der Waals surface area contributed by atoms with E-state index in [0.717, 1.165) is 9.98 Å². The number of aromatic nitrogens is 2. The van der Waals surface area contributed by atoms with Crippen LogP contribution in [0.5, 0.6) is 0 Å². The standard InChI is InChI=1S/C19H19P.C5H3ClN2S.ClH/c1-20(17-11-5-2-6-12-17,18-13-7-3-8-14-18)19-15-9-4-10-16-19;6-4-2-9-5-1-7-3-8(4)5;/h2-16,20H,1H3;1-3H;1H. The summed E-state index contributed by atoms with van der Waals surface area (Å²) in [6.07, 6.45) is 3.49. The topological polar surface area (TPSA) is 17.3 Å². The molecule has 3 aromatic carbocycles. The van der Waals surface area contributed by atoms with Gasteiger partial charge in [0.1, 0.15) is 16.3 Å². The van der Waals surface area contributed by atoms with E-state index in [2.05, 4.69) is 103 Å². The van der Waals surface area contributed by atoms with Crippen molar-refractivity contribution in [2.75, 3.05) is 6.66 Å². The molecule has 0 N–H and O–H groups in total. The maximum atomic E-state index is 5.75. The van der Waals surface area contributed by atoms with Crippen LogP contribution in [-0.4, -0.2) is 16.0 Å². The second kappa shape index (κ2) is 10.2. The maximum Gasteiger partial charge on any atom is 0.125 e. The monoisotopic (exact) mass is 472 g/mol. The van der Waals surface area contributed by atoms with Gasteiger partial charge in [-0.25, -0.2) is 4.98 Å². The minimum absolute atomic E-state index is 0. The Kier molecular flexibility index (Phi) is 7.69. The summed E-state index contributed by atoms with van der Waals surface area (Å²) in [6.45, 7) is 2.44. The first kappa shape index (κ1) is 22.5. The molecule has 0 saturated heterocycles. The molecule has 154 valence electrons. The predicted octanol–water partition coefficient (Wildman–Crippen LogP) is 5.81. The van der Waals surface area contributed by atoms with Gasteiger partial charge < -0.3 is 0 Å². The van der Waals surface area contributed by atoms with E-state index in [-0.39, 0.29) is 12.4 Å². The summed E-state index contributed by atoms with van der Waals surface area (Å²) >= 11 is 7.34. The number of halogens is 2. The van der Waals surface area contributed by atoms with E-state index in [1.165, 1.54) is 15.9 Å². The smallest absolute Gasteiger partial charge is 0.125 e. The minimum atomic E-state index is -1.88. The van der Waals surface area contributed by atoms with Gasteiger partial charge in [0.15, 0.2) is 0 Å². The van der Waals surface area contributed by atoms with E-state index in [4.69, 9.17) is 11.6 Å². The number of hydrogen-bond donors (Lipinski definition) is 0. The molecule has 30 heavy (non-hydrogen) atoms. The van der Waals surface area contributed by atoms with E-state index < -0.39 is 7.26 Å². The minimum Gasteiger partial charge on any atom is -0.280 e. The van der Waals surface area contributed by atoms with Gasteiger partial charge in [-0.3, -0.25) is 4.40 Å². The van der Waals surface area contributed by atoms with Crippen LogP contribution in [0.1, 0.15) is 0 Å². The summed E-state index contributed by atoms with van der Waals surface area (Å²) in [5.74, 6) is 0. The molecule has 0 fully saturated rings. The van der Waals surface area contributed by atoms with Crippen molar-refractivity contribution in [2.24, 2.45) is 0 Å². The van der Waals surface area contributed by atoms with Crippen LogP contribution in [0.15, 0.2) is 109 Å². The average molecular weight is 473 g/mol. The second-order valence-corrected chi connectivity index (χ2v) is 12.1. The van der Waals surface area contributed by atoms with Gasteiger partial charge in [-0.1, -0.05) is 11.6 Å². The van der Waals surface area contributed by atoms with Crippen molar-refractivity contribution < 1.29 is 0 Å². The van der Waals surface area contributed by atoms with Crippen LogP contribution in [0.3, 0.4) is 0 Å². The van der Waals surface area contributed by atoms with Crippen LogP contribution in [-0.2, 0) is 0 Å². The molecule has 5 rings (SSSR count). The normalized spacial score (nSPS) is 11.3. The molecule has 0 amide bonds. The average Bonchev–Trinajstić information content (AvgIpc) is 3.41. The van der Waals surface area contributed by atoms with Crippen LogP contribution >= 0.6 is 42.6 Å². The van der Waals surface area contributed by atoms with Crippen LogP contribution < -0.4 is 15.9 Å². The Morgan fingerprint density at radius 2 is 1.20 bits per heavy atom. The van der Waals surface area contributed by atoms with Crippen LogP contribution in [0.25, 0.3) is 4.83 Å². The van der Waals surface area contributed by atoms with E-state index in [1.54, 1.807) is 23.9 Å². The molecule has 0 bridgehead atoms. The number of fused-ring (bicyclic) bond motifs is 1. The zero-order valence-corrected chi connectivity index (χ0v) is 19.9. The number of nitrogens with zero attached hydrogens (tertiary/aromatic N) is 2. The third-order valence-corrected chi connectivity index (χ3v) is 10.9. The van der Waals surface area contributed by atoms with Crippen LogP contribution in [0, 0.1) is 0 Å². The number of hydrogen-bond acceptors (Lipinski definition) is 2. The molecule has 2 heterocycles. The summed E-state index contributed by atoms with van der Waals surface area (Å²) in [5, 5.41) is 6.98. The second-order valence-electron chi connectivity index (χ2n) is 6.88. The third kappa shape index (κ3) is 4.61. The van der Waals surface area contributed by atoms with Gasteiger partial charge in [0.2, 0.25) is 0 Å². The van der Waals surface area contributed by atoms with Gasteiger partial charge in [-0.05, 0) is 0 Å². The Labute approximate surface area is 192 Å². The molecule has 0 unspecified atom stereocenters. The van der Waals surface area contributed by atoms with Gasteiger partial charge in [0, 0.05) is 5.38 Å². The first-order valence-corrected chi connectivity index (χ1v) is 13.2. The summed E-state index contributed by atoms with van der Waals surface area (Å²) < 4.78 is 1.84. The molecule has 0 saturated carbocycles. The SMILES string of the molecule is C[PH](c1ccccc1)(c1ccccc1)c1ccccc1.Cl.Clc1csc2cncn12. The van der Waals surface area contributed by atoms with Crippen molar-refractivity contribution in [1.82, 2.24) is 9.38 Å². The first-order valence-electron chi connectivity index (χ1n) is 9.41. The summed E-state index contributed by atoms with van der Waals surface area (Å²) in [6, 6.07) is 32.8. The molecule has 0 aliphatic rings. The molecular formula is C24H23Cl2N2PS.